The van der Waals surface area contributed by atoms with Gasteiger partial charge in [-0.25, -0.2) is 0 Å². The Morgan fingerprint density at radius 3 is 2.40 bits per heavy atom. The van der Waals surface area contributed by atoms with E-state index in [1.807, 2.05) is 6.92 Å². The molecule has 1 atom stereocenters. The summed E-state index contributed by atoms with van der Waals surface area (Å²) < 4.78 is 5.01. The van der Waals surface area contributed by atoms with Gasteiger partial charge in [0.25, 0.3) is 0 Å². The summed E-state index contributed by atoms with van der Waals surface area (Å²) in [5, 5.41) is 4.66. The van der Waals surface area contributed by atoms with Crippen LogP contribution in [0.2, 0.25) is 15.1 Å². The van der Waals surface area contributed by atoms with Gasteiger partial charge in [-0.05, 0) is 19.1 Å². The number of ether oxygens (including phenoxy) is 1. The molecule has 1 rings (SSSR count). The molecule has 0 amide bonds. The molecule has 0 aliphatic carbocycles. The summed E-state index contributed by atoms with van der Waals surface area (Å²) in [7, 11) is 1.65. The average Bonchev–Trinajstić information content (AvgIpc) is 2.14. The molecule has 0 saturated heterocycles. The smallest absolute Gasteiger partial charge is 0.0661 e. The normalized spacial score (nSPS) is 12.6. The molecule has 0 aromatic heterocycles. The minimum absolute atomic E-state index is 0.157. The van der Waals surface area contributed by atoms with Gasteiger partial charge in [0.15, 0.2) is 0 Å². The molecule has 84 valence electrons. The van der Waals surface area contributed by atoms with Crippen LogP contribution in [0.5, 0.6) is 0 Å². The molecule has 0 saturated carbocycles. The van der Waals surface area contributed by atoms with Gasteiger partial charge in [0.05, 0.1) is 27.4 Å². The third-order valence-corrected chi connectivity index (χ3v) is 2.86. The first kappa shape index (κ1) is 12.9. The molecule has 0 spiro atoms. The predicted octanol–water partition coefficient (Wildman–Crippen LogP) is 4.09. The van der Waals surface area contributed by atoms with Crippen molar-refractivity contribution in [2.45, 2.75) is 13.0 Å². The summed E-state index contributed by atoms with van der Waals surface area (Å²) in [6.45, 7) is 2.58. The maximum Gasteiger partial charge on any atom is 0.0661 e. The molecule has 0 bridgehead atoms. The molecule has 0 radical (unpaired) electrons. The zero-order valence-corrected chi connectivity index (χ0v) is 10.7. The quantitative estimate of drug-likeness (QED) is 0.830. The van der Waals surface area contributed by atoms with Crippen LogP contribution in [0.4, 0.5) is 5.69 Å². The summed E-state index contributed by atoms with van der Waals surface area (Å²) in [5.41, 5.74) is 0.760. The van der Waals surface area contributed by atoms with Crippen LogP contribution >= 0.6 is 34.8 Å². The van der Waals surface area contributed by atoms with E-state index in [1.54, 1.807) is 19.2 Å². The van der Waals surface area contributed by atoms with Crippen molar-refractivity contribution in [3.8, 4) is 0 Å². The van der Waals surface area contributed by atoms with E-state index in [4.69, 9.17) is 39.5 Å². The highest BCUT2D eigenvalue weighted by atomic mass is 35.5. The molecule has 5 heteroatoms. The van der Waals surface area contributed by atoms with Crippen LogP contribution in [0, 0.1) is 0 Å². The summed E-state index contributed by atoms with van der Waals surface area (Å²) >= 11 is 17.7. The Bertz CT molecular complexity index is 344. The Kier molecular flexibility index (Phi) is 5.00. The third kappa shape index (κ3) is 3.72. The second-order valence-corrected chi connectivity index (χ2v) is 4.47. The SMILES string of the molecule is COCC(C)Nc1cc(Cl)c(Cl)cc1Cl. The van der Waals surface area contributed by atoms with Gasteiger partial charge < -0.3 is 10.1 Å². The monoisotopic (exact) mass is 267 g/mol. The molecule has 0 aliphatic heterocycles. The number of hydrogen-bond donors (Lipinski definition) is 1. The summed E-state index contributed by atoms with van der Waals surface area (Å²) in [4.78, 5) is 0. The van der Waals surface area contributed by atoms with Crippen LogP contribution in [-0.4, -0.2) is 19.8 Å². The molecule has 0 heterocycles. The number of methoxy groups -OCH3 is 1. The van der Waals surface area contributed by atoms with E-state index >= 15 is 0 Å². The molecular weight excluding hydrogens is 256 g/mol. The van der Waals surface area contributed by atoms with Crippen LogP contribution in [0.1, 0.15) is 6.92 Å². The van der Waals surface area contributed by atoms with Crippen molar-refractivity contribution >= 4 is 40.5 Å². The zero-order chi connectivity index (χ0) is 11.4. The van der Waals surface area contributed by atoms with Crippen molar-refractivity contribution in [2.24, 2.45) is 0 Å². The highest BCUT2D eigenvalue weighted by molar-refractivity contribution is 6.44. The maximum absolute atomic E-state index is 6.00. The lowest BCUT2D eigenvalue weighted by molar-refractivity contribution is 0.190. The number of halogens is 3. The lowest BCUT2D eigenvalue weighted by atomic mass is 10.2. The molecule has 15 heavy (non-hydrogen) atoms. The van der Waals surface area contributed by atoms with Crippen LogP contribution in [0.15, 0.2) is 12.1 Å². The Hall–Kier alpha value is -0.150. The molecule has 1 aromatic rings. The molecule has 1 aromatic carbocycles. The summed E-state index contributed by atoms with van der Waals surface area (Å²) in [6.07, 6.45) is 0. The summed E-state index contributed by atoms with van der Waals surface area (Å²) in [6, 6.07) is 3.48. The number of benzene rings is 1. The Labute approximate surface area is 104 Å². The lowest BCUT2D eigenvalue weighted by Gasteiger charge is -2.15. The van der Waals surface area contributed by atoms with E-state index in [0.717, 1.165) is 5.69 Å². The number of hydrogen-bond acceptors (Lipinski definition) is 2. The molecule has 1 unspecified atom stereocenters. The van der Waals surface area contributed by atoms with E-state index in [1.165, 1.54) is 0 Å². The summed E-state index contributed by atoms with van der Waals surface area (Å²) in [5.74, 6) is 0. The Morgan fingerprint density at radius 1 is 1.20 bits per heavy atom. The number of rotatable bonds is 4. The fourth-order valence-electron chi connectivity index (χ4n) is 1.19. The fraction of sp³-hybridized carbons (Fsp3) is 0.400. The zero-order valence-electron chi connectivity index (χ0n) is 8.48. The standard InChI is InChI=1S/C10H12Cl3NO/c1-6(5-15-2)14-10-4-8(12)7(11)3-9(10)13/h3-4,6,14H,5H2,1-2H3. The minimum atomic E-state index is 0.157. The van der Waals surface area contributed by atoms with Crippen LogP contribution in [-0.2, 0) is 4.74 Å². The van der Waals surface area contributed by atoms with Gasteiger partial charge in [0.1, 0.15) is 0 Å². The molecule has 0 aliphatic rings. The maximum atomic E-state index is 6.00. The first-order valence-electron chi connectivity index (χ1n) is 4.44. The van der Waals surface area contributed by atoms with E-state index in [-0.39, 0.29) is 6.04 Å². The number of nitrogens with one attached hydrogen (secondary N) is 1. The highest BCUT2D eigenvalue weighted by Crippen LogP contribution is 2.32. The van der Waals surface area contributed by atoms with Crippen LogP contribution in [0.3, 0.4) is 0 Å². The molecule has 2 nitrogen and oxygen atoms in total. The van der Waals surface area contributed by atoms with Crippen molar-refractivity contribution in [1.29, 1.82) is 0 Å². The molecular formula is C10H12Cl3NO. The van der Waals surface area contributed by atoms with Gasteiger partial charge in [0, 0.05) is 13.2 Å². The lowest BCUT2D eigenvalue weighted by Crippen LogP contribution is -2.20. The first-order valence-corrected chi connectivity index (χ1v) is 5.58. The van der Waals surface area contributed by atoms with Crippen molar-refractivity contribution in [3.63, 3.8) is 0 Å². The van der Waals surface area contributed by atoms with Crippen molar-refractivity contribution in [2.75, 3.05) is 19.0 Å². The highest BCUT2D eigenvalue weighted by Gasteiger charge is 2.08. The predicted molar refractivity (Wildman–Crippen MR) is 66.4 cm³/mol. The van der Waals surface area contributed by atoms with Crippen molar-refractivity contribution in [3.05, 3.63) is 27.2 Å². The second kappa shape index (κ2) is 5.80. The third-order valence-electron chi connectivity index (χ3n) is 1.83. The second-order valence-electron chi connectivity index (χ2n) is 3.25. The van der Waals surface area contributed by atoms with Gasteiger partial charge >= 0.3 is 0 Å². The van der Waals surface area contributed by atoms with Crippen LogP contribution in [0.25, 0.3) is 0 Å². The van der Waals surface area contributed by atoms with E-state index in [2.05, 4.69) is 5.32 Å². The van der Waals surface area contributed by atoms with Gasteiger partial charge in [-0.15, -0.1) is 0 Å². The van der Waals surface area contributed by atoms with Gasteiger partial charge in [-0.1, -0.05) is 34.8 Å². The topological polar surface area (TPSA) is 21.3 Å². The Balaban J connectivity index is 2.81. The average molecular weight is 269 g/mol. The van der Waals surface area contributed by atoms with E-state index < -0.39 is 0 Å². The molecule has 1 N–H and O–H groups in total. The first-order chi connectivity index (χ1) is 7.04. The van der Waals surface area contributed by atoms with Gasteiger partial charge in [-0.2, -0.15) is 0 Å². The fourth-order valence-corrected chi connectivity index (χ4v) is 1.79. The van der Waals surface area contributed by atoms with Crippen molar-refractivity contribution < 1.29 is 4.74 Å². The van der Waals surface area contributed by atoms with E-state index in [9.17, 15) is 0 Å². The molecule has 0 fully saturated rings. The van der Waals surface area contributed by atoms with Gasteiger partial charge in [-0.3, -0.25) is 0 Å². The Morgan fingerprint density at radius 2 is 1.80 bits per heavy atom. The van der Waals surface area contributed by atoms with Crippen LogP contribution < -0.4 is 5.32 Å². The van der Waals surface area contributed by atoms with Crippen molar-refractivity contribution in [1.82, 2.24) is 0 Å². The van der Waals surface area contributed by atoms with Gasteiger partial charge in [0.2, 0.25) is 0 Å². The minimum Gasteiger partial charge on any atom is -0.383 e. The number of anilines is 1. The largest absolute Gasteiger partial charge is 0.383 e. The van der Waals surface area contributed by atoms with E-state index in [0.29, 0.717) is 21.7 Å².